The number of amides is 4. The van der Waals surface area contributed by atoms with Crippen LogP contribution in [-0.4, -0.2) is 70.5 Å². The van der Waals surface area contributed by atoms with E-state index in [1.165, 1.54) is 0 Å². The maximum atomic E-state index is 13.2. The molecular weight excluding hydrogens is 460 g/mol. The van der Waals surface area contributed by atoms with Gasteiger partial charge in [-0.2, -0.15) is 0 Å². The smallest absolute Gasteiger partial charge is 0.322 e. The maximum absolute atomic E-state index is 13.2. The predicted octanol–water partition coefficient (Wildman–Crippen LogP) is -0.575. The van der Waals surface area contributed by atoms with Crippen molar-refractivity contribution in [3.63, 3.8) is 0 Å². The fourth-order valence-corrected chi connectivity index (χ4v) is 3.19. The highest BCUT2D eigenvalue weighted by atomic mass is 16.4. The van der Waals surface area contributed by atoms with Gasteiger partial charge in [-0.05, 0) is 11.5 Å². The molecule has 0 saturated carbocycles. The lowest BCUT2D eigenvalue weighted by Crippen LogP contribution is -2.58. The van der Waals surface area contributed by atoms with Gasteiger partial charge in [0.25, 0.3) is 0 Å². The minimum Gasteiger partial charge on any atom is -0.481 e. The van der Waals surface area contributed by atoms with Crippen LogP contribution in [0.25, 0.3) is 0 Å². The highest BCUT2D eigenvalue weighted by Gasteiger charge is 2.32. The van der Waals surface area contributed by atoms with Crippen LogP contribution in [0, 0.1) is 5.92 Å². The molecule has 0 saturated heterocycles. The van der Waals surface area contributed by atoms with E-state index in [9.17, 15) is 28.8 Å². The number of rotatable bonds is 14. The minimum atomic E-state index is -1.42. The molecule has 1 aromatic rings. The Morgan fingerprint density at radius 1 is 0.829 bits per heavy atom. The Morgan fingerprint density at radius 3 is 1.94 bits per heavy atom. The zero-order chi connectivity index (χ0) is 26.5. The first-order valence-corrected chi connectivity index (χ1v) is 11.1. The van der Waals surface area contributed by atoms with E-state index >= 15 is 0 Å². The highest BCUT2D eigenvalue weighted by molar-refractivity contribution is 5.95. The van der Waals surface area contributed by atoms with Crippen LogP contribution >= 0.6 is 0 Å². The predicted molar refractivity (Wildman–Crippen MR) is 124 cm³/mol. The molecule has 0 aliphatic rings. The van der Waals surface area contributed by atoms with Crippen molar-refractivity contribution >= 4 is 35.6 Å². The van der Waals surface area contributed by atoms with Crippen molar-refractivity contribution in [2.75, 3.05) is 6.54 Å². The number of carboxylic acids is 2. The average molecular weight is 493 g/mol. The topological polar surface area (TPSA) is 191 Å². The Balaban J connectivity index is 3.16. The second kappa shape index (κ2) is 14.3. The van der Waals surface area contributed by atoms with E-state index < -0.39 is 66.7 Å². The van der Waals surface area contributed by atoms with Crippen LogP contribution in [0.1, 0.15) is 39.2 Å². The van der Waals surface area contributed by atoms with E-state index in [4.69, 9.17) is 10.2 Å². The SMILES string of the molecule is CCC(C)C(NC(=O)C(Cc1ccccc1)NC(=O)C(CC(=O)O)NC(C)=O)C(=O)NCC(=O)O. The zero-order valence-electron chi connectivity index (χ0n) is 19.9. The molecular formula is C23H32N4O8. The number of carbonyl (C=O) groups excluding carboxylic acids is 4. The number of carbonyl (C=O) groups is 6. The Bertz CT molecular complexity index is 905. The molecule has 0 heterocycles. The summed E-state index contributed by atoms with van der Waals surface area (Å²) in [6, 6.07) is 4.97. The van der Waals surface area contributed by atoms with Crippen LogP contribution in [0.3, 0.4) is 0 Å². The Morgan fingerprint density at radius 2 is 1.43 bits per heavy atom. The van der Waals surface area contributed by atoms with Crippen molar-refractivity contribution in [3.8, 4) is 0 Å². The summed E-state index contributed by atoms with van der Waals surface area (Å²) in [4.78, 5) is 71.9. The fourth-order valence-electron chi connectivity index (χ4n) is 3.19. The van der Waals surface area contributed by atoms with Crippen LogP contribution in [0.5, 0.6) is 0 Å². The van der Waals surface area contributed by atoms with E-state index in [1.54, 1.807) is 44.2 Å². The molecule has 0 aliphatic heterocycles. The Kier molecular flexibility index (Phi) is 11.9. The first kappa shape index (κ1) is 29.1. The third-order valence-corrected chi connectivity index (χ3v) is 5.20. The van der Waals surface area contributed by atoms with Crippen molar-refractivity contribution in [2.24, 2.45) is 5.92 Å². The van der Waals surface area contributed by atoms with Gasteiger partial charge in [0.2, 0.25) is 23.6 Å². The molecule has 192 valence electrons. The van der Waals surface area contributed by atoms with Gasteiger partial charge in [-0.3, -0.25) is 28.8 Å². The number of benzene rings is 1. The van der Waals surface area contributed by atoms with Crippen molar-refractivity contribution in [2.45, 2.75) is 58.2 Å². The molecule has 0 radical (unpaired) electrons. The van der Waals surface area contributed by atoms with Gasteiger partial charge in [0, 0.05) is 13.3 Å². The third kappa shape index (κ3) is 10.7. The molecule has 4 amide bonds. The van der Waals surface area contributed by atoms with E-state index in [0.29, 0.717) is 12.0 Å². The maximum Gasteiger partial charge on any atom is 0.322 e. The number of aliphatic carboxylic acids is 2. The summed E-state index contributed by atoms with van der Waals surface area (Å²) >= 11 is 0. The lowest BCUT2D eigenvalue weighted by molar-refractivity contribution is -0.141. The summed E-state index contributed by atoms with van der Waals surface area (Å²) in [6.45, 7) is 4.00. The number of carboxylic acid groups (broad SMARTS) is 2. The Labute approximate surface area is 202 Å². The quantitative estimate of drug-likeness (QED) is 0.199. The van der Waals surface area contributed by atoms with Gasteiger partial charge in [0.15, 0.2) is 0 Å². The normalized spacial score (nSPS) is 13.9. The van der Waals surface area contributed by atoms with Gasteiger partial charge < -0.3 is 31.5 Å². The summed E-state index contributed by atoms with van der Waals surface area (Å²) < 4.78 is 0. The Hall–Kier alpha value is -3.96. The van der Waals surface area contributed by atoms with Gasteiger partial charge in [-0.15, -0.1) is 0 Å². The molecule has 4 atom stereocenters. The van der Waals surface area contributed by atoms with E-state index in [2.05, 4.69) is 21.3 Å². The lowest BCUT2D eigenvalue weighted by Gasteiger charge is -2.27. The summed E-state index contributed by atoms with van der Waals surface area (Å²) in [5, 5.41) is 27.5. The molecule has 6 N–H and O–H groups in total. The number of hydrogen-bond acceptors (Lipinski definition) is 6. The van der Waals surface area contributed by atoms with Gasteiger partial charge in [-0.25, -0.2) is 0 Å². The first-order chi connectivity index (χ1) is 16.4. The standard InChI is InChI=1S/C23H32N4O8/c1-4-13(2)20(23(35)24-12-19(31)32)27-22(34)16(10-15-8-6-5-7-9-15)26-21(33)17(11-18(29)30)25-14(3)28/h5-9,13,16-17,20H,4,10-12H2,1-3H3,(H,24,35)(H,25,28)(H,26,33)(H,27,34)(H,29,30)(H,31,32). The van der Waals surface area contributed by atoms with E-state index in [0.717, 1.165) is 6.92 Å². The van der Waals surface area contributed by atoms with Crippen molar-refractivity contribution in [3.05, 3.63) is 35.9 Å². The van der Waals surface area contributed by atoms with E-state index in [1.807, 2.05) is 0 Å². The minimum absolute atomic E-state index is 0.0161. The van der Waals surface area contributed by atoms with Gasteiger partial charge in [0.1, 0.15) is 24.7 Å². The highest BCUT2D eigenvalue weighted by Crippen LogP contribution is 2.10. The molecule has 12 heteroatoms. The average Bonchev–Trinajstić information content (AvgIpc) is 2.79. The van der Waals surface area contributed by atoms with Crippen LogP contribution in [0.15, 0.2) is 30.3 Å². The summed E-state index contributed by atoms with van der Waals surface area (Å²) in [5.74, 6) is -5.85. The van der Waals surface area contributed by atoms with Crippen molar-refractivity contribution < 1.29 is 39.0 Å². The largest absolute Gasteiger partial charge is 0.481 e. The molecule has 1 aromatic carbocycles. The first-order valence-electron chi connectivity index (χ1n) is 11.1. The molecule has 0 aromatic heterocycles. The number of nitrogens with one attached hydrogen (secondary N) is 4. The monoisotopic (exact) mass is 492 g/mol. The van der Waals surface area contributed by atoms with Crippen LogP contribution in [0.2, 0.25) is 0 Å². The molecule has 35 heavy (non-hydrogen) atoms. The van der Waals surface area contributed by atoms with Crippen LogP contribution in [-0.2, 0) is 35.2 Å². The molecule has 0 spiro atoms. The second-order valence-corrected chi connectivity index (χ2v) is 8.09. The van der Waals surface area contributed by atoms with Crippen LogP contribution in [0.4, 0.5) is 0 Å². The second-order valence-electron chi connectivity index (χ2n) is 8.09. The van der Waals surface area contributed by atoms with Gasteiger partial charge >= 0.3 is 11.9 Å². The van der Waals surface area contributed by atoms with E-state index in [-0.39, 0.29) is 12.3 Å². The summed E-state index contributed by atoms with van der Waals surface area (Å²) in [5.41, 5.74) is 0.678. The third-order valence-electron chi connectivity index (χ3n) is 5.20. The molecule has 0 bridgehead atoms. The number of hydrogen-bond donors (Lipinski definition) is 6. The summed E-state index contributed by atoms with van der Waals surface area (Å²) in [6.07, 6.45) is -0.190. The molecule has 12 nitrogen and oxygen atoms in total. The van der Waals surface area contributed by atoms with Crippen molar-refractivity contribution in [1.29, 1.82) is 0 Å². The molecule has 0 aliphatic carbocycles. The van der Waals surface area contributed by atoms with Crippen molar-refractivity contribution in [1.82, 2.24) is 21.3 Å². The zero-order valence-corrected chi connectivity index (χ0v) is 19.9. The molecule has 0 fully saturated rings. The lowest BCUT2D eigenvalue weighted by atomic mass is 9.97. The summed E-state index contributed by atoms with van der Waals surface area (Å²) in [7, 11) is 0. The van der Waals surface area contributed by atoms with Gasteiger partial charge in [-0.1, -0.05) is 50.6 Å². The van der Waals surface area contributed by atoms with Gasteiger partial charge in [0.05, 0.1) is 6.42 Å². The van der Waals surface area contributed by atoms with Crippen LogP contribution < -0.4 is 21.3 Å². The molecule has 1 rings (SSSR count). The fraction of sp³-hybridized carbons (Fsp3) is 0.478. The molecule has 4 unspecified atom stereocenters.